The molecule has 0 amide bonds. The molecule has 0 aliphatic carbocycles. The van der Waals surface area contributed by atoms with Crippen LogP contribution in [0.25, 0.3) is 0 Å². The highest BCUT2D eigenvalue weighted by Gasteiger charge is 2.20. The highest BCUT2D eigenvalue weighted by atomic mass is 16.5. The SMILES string of the molecule is COC(=O)c1ccc(CN(C)C2CCCN(C)C2)cc1. The van der Waals surface area contributed by atoms with Gasteiger partial charge in [0.25, 0.3) is 0 Å². The maximum atomic E-state index is 11.4. The zero-order chi connectivity index (χ0) is 14.5. The van der Waals surface area contributed by atoms with Crippen LogP contribution in [-0.2, 0) is 11.3 Å². The number of piperidine rings is 1. The van der Waals surface area contributed by atoms with Crippen molar-refractivity contribution in [3.63, 3.8) is 0 Å². The molecule has 1 aromatic rings. The summed E-state index contributed by atoms with van der Waals surface area (Å²) in [6.07, 6.45) is 2.54. The molecule has 1 heterocycles. The van der Waals surface area contributed by atoms with Crippen molar-refractivity contribution in [2.24, 2.45) is 0 Å². The number of hydrogen-bond acceptors (Lipinski definition) is 4. The minimum absolute atomic E-state index is 0.279. The summed E-state index contributed by atoms with van der Waals surface area (Å²) in [6.45, 7) is 3.26. The number of esters is 1. The second kappa shape index (κ2) is 6.86. The van der Waals surface area contributed by atoms with Gasteiger partial charge in [-0.05, 0) is 51.2 Å². The van der Waals surface area contributed by atoms with Gasteiger partial charge in [0.05, 0.1) is 12.7 Å². The van der Waals surface area contributed by atoms with E-state index in [0.717, 1.165) is 13.1 Å². The van der Waals surface area contributed by atoms with Gasteiger partial charge in [-0.25, -0.2) is 4.79 Å². The molecule has 0 bridgehead atoms. The summed E-state index contributed by atoms with van der Waals surface area (Å²) >= 11 is 0. The Morgan fingerprint density at radius 3 is 2.70 bits per heavy atom. The van der Waals surface area contributed by atoms with E-state index in [9.17, 15) is 4.79 Å². The van der Waals surface area contributed by atoms with Gasteiger partial charge in [0.15, 0.2) is 0 Å². The number of benzene rings is 1. The van der Waals surface area contributed by atoms with E-state index in [2.05, 4.69) is 23.9 Å². The first kappa shape index (κ1) is 15.0. The number of likely N-dealkylation sites (N-methyl/N-ethyl adjacent to an activating group) is 2. The molecule has 1 aliphatic rings. The minimum Gasteiger partial charge on any atom is -0.465 e. The molecular formula is C16H24N2O2. The standard InChI is InChI=1S/C16H24N2O2/c1-17-10-4-5-15(12-17)18(2)11-13-6-8-14(9-7-13)16(19)20-3/h6-9,15H,4-5,10-12H2,1-3H3. The number of ether oxygens (including phenoxy) is 1. The van der Waals surface area contributed by atoms with Crippen molar-refractivity contribution in [1.82, 2.24) is 9.80 Å². The second-order valence-corrected chi connectivity index (χ2v) is 5.66. The Morgan fingerprint density at radius 1 is 1.40 bits per heavy atom. The van der Waals surface area contributed by atoms with E-state index < -0.39 is 0 Å². The van der Waals surface area contributed by atoms with E-state index in [1.54, 1.807) is 0 Å². The van der Waals surface area contributed by atoms with E-state index in [4.69, 9.17) is 4.74 Å². The van der Waals surface area contributed by atoms with E-state index >= 15 is 0 Å². The molecule has 110 valence electrons. The zero-order valence-electron chi connectivity index (χ0n) is 12.6. The number of rotatable bonds is 4. The van der Waals surface area contributed by atoms with Gasteiger partial charge in [0, 0.05) is 19.1 Å². The molecule has 4 nitrogen and oxygen atoms in total. The van der Waals surface area contributed by atoms with Gasteiger partial charge in [0.2, 0.25) is 0 Å². The van der Waals surface area contributed by atoms with Crippen LogP contribution in [0, 0.1) is 0 Å². The molecule has 1 aliphatic heterocycles. The van der Waals surface area contributed by atoms with Crippen LogP contribution in [0.2, 0.25) is 0 Å². The van der Waals surface area contributed by atoms with Crippen molar-refractivity contribution in [3.05, 3.63) is 35.4 Å². The molecule has 1 aromatic carbocycles. The summed E-state index contributed by atoms with van der Waals surface area (Å²) in [5.74, 6) is -0.279. The molecule has 1 saturated heterocycles. The lowest BCUT2D eigenvalue weighted by Gasteiger charge is -2.35. The van der Waals surface area contributed by atoms with Crippen molar-refractivity contribution in [3.8, 4) is 0 Å². The van der Waals surface area contributed by atoms with Crippen LogP contribution in [-0.4, -0.2) is 56.1 Å². The van der Waals surface area contributed by atoms with Gasteiger partial charge in [0.1, 0.15) is 0 Å². The van der Waals surface area contributed by atoms with Gasteiger partial charge in [-0.1, -0.05) is 12.1 Å². The molecule has 0 radical (unpaired) electrons. The third kappa shape index (κ3) is 3.81. The van der Waals surface area contributed by atoms with Crippen LogP contribution < -0.4 is 0 Å². The molecule has 0 N–H and O–H groups in total. The lowest BCUT2D eigenvalue weighted by atomic mass is 10.0. The van der Waals surface area contributed by atoms with E-state index in [1.165, 1.54) is 32.1 Å². The summed E-state index contributed by atoms with van der Waals surface area (Å²) < 4.78 is 4.71. The fourth-order valence-electron chi connectivity index (χ4n) is 2.78. The number of carbonyl (C=O) groups excluding carboxylic acids is 1. The number of hydrogen-bond donors (Lipinski definition) is 0. The molecule has 1 unspecified atom stereocenters. The fraction of sp³-hybridized carbons (Fsp3) is 0.562. The van der Waals surface area contributed by atoms with Gasteiger partial charge in [-0.3, -0.25) is 4.90 Å². The zero-order valence-corrected chi connectivity index (χ0v) is 12.6. The maximum Gasteiger partial charge on any atom is 0.337 e. The number of likely N-dealkylation sites (tertiary alicyclic amines) is 1. The van der Waals surface area contributed by atoms with E-state index in [0.29, 0.717) is 11.6 Å². The van der Waals surface area contributed by atoms with E-state index in [-0.39, 0.29) is 5.97 Å². The highest BCUT2D eigenvalue weighted by molar-refractivity contribution is 5.89. The molecule has 20 heavy (non-hydrogen) atoms. The van der Waals surface area contributed by atoms with Crippen LogP contribution in [0.3, 0.4) is 0 Å². The van der Waals surface area contributed by atoms with Crippen LogP contribution in [0.4, 0.5) is 0 Å². The van der Waals surface area contributed by atoms with Crippen molar-refractivity contribution in [1.29, 1.82) is 0 Å². The first-order valence-electron chi connectivity index (χ1n) is 7.16. The average Bonchev–Trinajstić information content (AvgIpc) is 2.47. The fourth-order valence-corrected chi connectivity index (χ4v) is 2.78. The van der Waals surface area contributed by atoms with Crippen LogP contribution in [0.5, 0.6) is 0 Å². The first-order valence-corrected chi connectivity index (χ1v) is 7.16. The topological polar surface area (TPSA) is 32.8 Å². The Labute approximate surface area is 121 Å². The molecule has 0 aromatic heterocycles. The Hall–Kier alpha value is -1.39. The monoisotopic (exact) mass is 276 g/mol. The second-order valence-electron chi connectivity index (χ2n) is 5.66. The molecular weight excluding hydrogens is 252 g/mol. The number of carbonyl (C=O) groups is 1. The minimum atomic E-state index is -0.279. The Balaban J connectivity index is 1.93. The van der Waals surface area contributed by atoms with Crippen molar-refractivity contribution < 1.29 is 9.53 Å². The molecule has 2 rings (SSSR count). The molecule has 0 saturated carbocycles. The summed E-state index contributed by atoms with van der Waals surface area (Å²) in [5.41, 5.74) is 1.84. The lowest BCUT2D eigenvalue weighted by Crippen LogP contribution is -2.44. The van der Waals surface area contributed by atoms with Gasteiger partial charge in [-0.2, -0.15) is 0 Å². The molecule has 4 heteroatoms. The van der Waals surface area contributed by atoms with Gasteiger partial charge >= 0.3 is 5.97 Å². The third-order valence-corrected chi connectivity index (χ3v) is 4.03. The highest BCUT2D eigenvalue weighted by Crippen LogP contribution is 2.16. The van der Waals surface area contributed by atoms with Crippen LogP contribution >= 0.6 is 0 Å². The molecule has 0 spiro atoms. The Bertz CT molecular complexity index is 444. The quantitative estimate of drug-likeness (QED) is 0.788. The summed E-state index contributed by atoms with van der Waals surface area (Å²) in [7, 11) is 5.77. The first-order chi connectivity index (χ1) is 9.60. The van der Waals surface area contributed by atoms with E-state index in [1.807, 2.05) is 24.3 Å². The maximum absolute atomic E-state index is 11.4. The van der Waals surface area contributed by atoms with Gasteiger partial charge < -0.3 is 9.64 Å². The van der Waals surface area contributed by atoms with Crippen molar-refractivity contribution >= 4 is 5.97 Å². The number of nitrogens with zero attached hydrogens (tertiary/aromatic N) is 2. The Morgan fingerprint density at radius 2 is 2.10 bits per heavy atom. The predicted octanol–water partition coefficient (Wildman–Crippen LogP) is 2.00. The lowest BCUT2D eigenvalue weighted by molar-refractivity contribution is 0.0600. The smallest absolute Gasteiger partial charge is 0.337 e. The number of methoxy groups -OCH3 is 1. The van der Waals surface area contributed by atoms with Gasteiger partial charge in [-0.15, -0.1) is 0 Å². The Kier molecular flexibility index (Phi) is 5.15. The average molecular weight is 276 g/mol. The molecule has 1 fully saturated rings. The largest absolute Gasteiger partial charge is 0.465 e. The summed E-state index contributed by atoms with van der Waals surface area (Å²) in [5, 5.41) is 0. The summed E-state index contributed by atoms with van der Waals surface area (Å²) in [4.78, 5) is 16.2. The van der Waals surface area contributed by atoms with Crippen LogP contribution in [0.15, 0.2) is 24.3 Å². The summed E-state index contributed by atoms with van der Waals surface area (Å²) in [6, 6.07) is 8.31. The predicted molar refractivity (Wildman–Crippen MR) is 79.8 cm³/mol. The molecule has 1 atom stereocenters. The normalized spacial score (nSPS) is 20.1. The van der Waals surface area contributed by atoms with Crippen molar-refractivity contribution in [2.45, 2.75) is 25.4 Å². The van der Waals surface area contributed by atoms with Crippen molar-refractivity contribution in [2.75, 3.05) is 34.3 Å². The van der Waals surface area contributed by atoms with Crippen LogP contribution in [0.1, 0.15) is 28.8 Å². The third-order valence-electron chi connectivity index (χ3n) is 4.03.